The average molecular weight is 426 g/mol. The molecule has 2 aliphatic heterocycles. The second kappa shape index (κ2) is 7.63. The molecule has 0 unspecified atom stereocenters. The minimum atomic E-state index is -3.67. The highest BCUT2D eigenvalue weighted by atomic mass is 32.2. The molecular formula is C21H32FN3O3S. The molecule has 1 aromatic rings. The lowest BCUT2D eigenvalue weighted by Crippen LogP contribution is -2.52. The molecule has 0 bridgehead atoms. The molecule has 2 fully saturated rings. The van der Waals surface area contributed by atoms with Gasteiger partial charge in [-0.05, 0) is 37.5 Å². The zero-order valence-corrected chi connectivity index (χ0v) is 17.5. The number of hydrogen-bond donors (Lipinski definition) is 1. The molecule has 4 rings (SSSR count). The number of fused-ring (bicyclic) bond motifs is 1. The van der Waals surface area contributed by atoms with Crippen LogP contribution in [0.2, 0.25) is 0 Å². The van der Waals surface area contributed by atoms with Crippen molar-refractivity contribution in [3.05, 3.63) is 23.5 Å². The van der Waals surface area contributed by atoms with Gasteiger partial charge in [0.15, 0.2) is 9.84 Å². The third-order valence-corrected chi connectivity index (χ3v) is 8.28. The molecule has 0 aromatic heterocycles. The first-order valence-electron chi connectivity index (χ1n) is 9.93. The highest BCUT2D eigenvalue weighted by molar-refractivity contribution is 7.92. The quantitative estimate of drug-likeness (QED) is 0.802. The van der Waals surface area contributed by atoms with E-state index in [0.717, 1.165) is 19.6 Å². The van der Waals surface area contributed by atoms with E-state index in [9.17, 15) is 17.6 Å². The van der Waals surface area contributed by atoms with Gasteiger partial charge in [-0.2, -0.15) is 0 Å². The number of amides is 1. The summed E-state index contributed by atoms with van der Waals surface area (Å²) in [7, 11) is -3.67. The molecule has 1 atom stereocenters. The Kier molecular flexibility index (Phi) is 5.84. The first-order chi connectivity index (χ1) is 13.1. The van der Waals surface area contributed by atoms with Crippen LogP contribution < -0.4 is 10.2 Å². The van der Waals surface area contributed by atoms with Crippen LogP contribution in [-0.2, 0) is 20.0 Å². The Hall–Kier alpha value is -1.51. The summed E-state index contributed by atoms with van der Waals surface area (Å²) in [6.45, 7) is 9.14. The Morgan fingerprint density at radius 2 is 2.00 bits per heavy atom. The van der Waals surface area contributed by atoms with E-state index in [4.69, 9.17) is 0 Å². The number of anilines is 1. The third-order valence-electron chi connectivity index (χ3n) is 6.01. The van der Waals surface area contributed by atoms with Crippen LogP contribution in [0.5, 0.6) is 0 Å². The second-order valence-electron chi connectivity index (χ2n) is 9.00. The Bertz CT molecular complexity index is 912. The molecule has 8 heteroatoms. The summed E-state index contributed by atoms with van der Waals surface area (Å²) < 4.78 is 40.0. The van der Waals surface area contributed by atoms with Gasteiger partial charge in [-0.1, -0.05) is 21.3 Å². The normalized spacial score (nSPS) is 24.1. The van der Waals surface area contributed by atoms with Crippen molar-refractivity contribution < 1.29 is 17.6 Å². The highest BCUT2D eigenvalue weighted by Gasteiger charge is 2.43. The van der Waals surface area contributed by atoms with Gasteiger partial charge >= 0.3 is 0 Å². The van der Waals surface area contributed by atoms with Crippen molar-refractivity contribution in [1.29, 1.82) is 0 Å². The van der Waals surface area contributed by atoms with Gasteiger partial charge in [0.1, 0.15) is 10.7 Å². The molecule has 2 heterocycles. The standard InChI is InChI=1S/C20H28FN3O3S.CH4/c1-13-10-23(7-6-22-13)11-19(25)24-12-20(2,3)15-8-16(21)18(9-17(15)24)28(26,27)14-4-5-14;/h8-9,13-14,22H,4-7,10-12H2,1-3H3;1H4/t13-;/m1./s1. The lowest BCUT2D eigenvalue weighted by Gasteiger charge is -2.32. The summed E-state index contributed by atoms with van der Waals surface area (Å²) in [6, 6.07) is 3.05. The lowest BCUT2D eigenvalue weighted by molar-refractivity contribution is -0.120. The summed E-state index contributed by atoms with van der Waals surface area (Å²) in [5.74, 6) is -0.772. The van der Waals surface area contributed by atoms with E-state index >= 15 is 0 Å². The predicted octanol–water partition coefficient (Wildman–Crippen LogP) is 2.32. The lowest BCUT2D eigenvalue weighted by atomic mass is 9.87. The largest absolute Gasteiger partial charge is 0.312 e. The summed E-state index contributed by atoms with van der Waals surface area (Å²) in [4.78, 5) is 16.6. The molecular weight excluding hydrogens is 393 g/mol. The van der Waals surface area contributed by atoms with Crippen LogP contribution in [0.3, 0.4) is 0 Å². The molecule has 1 saturated carbocycles. The first kappa shape index (κ1) is 22.2. The fraction of sp³-hybridized carbons (Fsp3) is 0.667. The molecule has 3 aliphatic rings. The molecule has 0 radical (unpaired) electrons. The van der Waals surface area contributed by atoms with Gasteiger partial charge in [0, 0.05) is 43.3 Å². The number of carbonyl (C=O) groups excluding carboxylic acids is 1. The van der Waals surface area contributed by atoms with Gasteiger partial charge in [-0.25, -0.2) is 12.8 Å². The Morgan fingerprint density at radius 3 is 2.62 bits per heavy atom. The van der Waals surface area contributed by atoms with Crippen LogP contribution in [0.1, 0.15) is 46.6 Å². The topological polar surface area (TPSA) is 69.7 Å². The number of carbonyl (C=O) groups is 1. The van der Waals surface area contributed by atoms with Gasteiger partial charge in [0.25, 0.3) is 0 Å². The zero-order chi connectivity index (χ0) is 20.3. The first-order valence-corrected chi connectivity index (χ1v) is 11.5. The molecule has 29 heavy (non-hydrogen) atoms. The van der Waals surface area contributed by atoms with Crippen LogP contribution in [0.15, 0.2) is 17.0 Å². The van der Waals surface area contributed by atoms with Gasteiger partial charge in [-0.15, -0.1) is 0 Å². The maximum absolute atomic E-state index is 14.7. The highest BCUT2D eigenvalue weighted by Crippen LogP contribution is 2.44. The number of halogens is 1. The summed E-state index contributed by atoms with van der Waals surface area (Å²) in [5, 5.41) is 2.87. The van der Waals surface area contributed by atoms with Gasteiger partial charge in [0.05, 0.1) is 11.8 Å². The number of rotatable bonds is 4. The SMILES string of the molecule is C.C[C@@H]1CN(CC(=O)N2CC(C)(C)c3cc(F)c(S(=O)(=O)C4CC4)cc32)CCN1. The van der Waals surface area contributed by atoms with Crippen LogP contribution in [0, 0.1) is 5.82 Å². The number of piperazine rings is 1. The van der Waals surface area contributed by atoms with E-state index in [-0.39, 0.29) is 24.8 Å². The Balaban J connectivity index is 0.00000240. The number of nitrogens with one attached hydrogen (secondary N) is 1. The molecule has 1 saturated heterocycles. The van der Waals surface area contributed by atoms with Crippen molar-refractivity contribution in [3.63, 3.8) is 0 Å². The minimum Gasteiger partial charge on any atom is -0.312 e. The van der Waals surface area contributed by atoms with Gasteiger partial charge < -0.3 is 10.2 Å². The molecule has 1 aliphatic carbocycles. The minimum absolute atomic E-state index is 0. The van der Waals surface area contributed by atoms with E-state index in [0.29, 0.717) is 36.7 Å². The molecule has 162 valence electrons. The smallest absolute Gasteiger partial charge is 0.241 e. The fourth-order valence-corrected chi connectivity index (χ4v) is 6.03. The van der Waals surface area contributed by atoms with Crippen LogP contribution in [-0.4, -0.2) is 63.2 Å². The molecule has 1 aromatic carbocycles. The average Bonchev–Trinajstić information content (AvgIpc) is 3.42. The van der Waals surface area contributed by atoms with E-state index < -0.39 is 26.3 Å². The van der Waals surface area contributed by atoms with Crippen molar-refractivity contribution in [2.75, 3.05) is 37.6 Å². The van der Waals surface area contributed by atoms with Crippen LogP contribution in [0.25, 0.3) is 0 Å². The molecule has 1 amide bonds. The number of sulfone groups is 1. The van der Waals surface area contributed by atoms with Gasteiger partial charge in [0.2, 0.25) is 5.91 Å². The predicted molar refractivity (Wildman–Crippen MR) is 113 cm³/mol. The second-order valence-corrected chi connectivity index (χ2v) is 11.2. The van der Waals surface area contributed by atoms with E-state index in [2.05, 4.69) is 17.1 Å². The van der Waals surface area contributed by atoms with Crippen molar-refractivity contribution in [1.82, 2.24) is 10.2 Å². The fourth-order valence-electron chi connectivity index (χ4n) is 4.30. The number of nitrogens with zero attached hydrogens (tertiary/aromatic N) is 2. The van der Waals surface area contributed by atoms with Crippen molar-refractivity contribution >= 4 is 21.4 Å². The monoisotopic (exact) mass is 425 g/mol. The molecule has 1 N–H and O–H groups in total. The van der Waals surface area contributed by atoms with Crippen LogP contribution in [0.4, 0.5) is 10.1 Å². The number of hydrogen-bond acceptors (Lipinski definition) is 5. The zero-order valence-electron chi connectivity index (χ0n) is 16.7. The molecule has 0 spiro atoms. The Morgan fingerprint density at radius 1 is 1.31 bits per heavy atom. The van der Waals surface area contributed by atoms with E-state index in [1.807, 2.05) is 13.8 Å². The van der Waals surface area contributed by atoms with Gasteiger partial charge in [-0.3, -0.25) is 9.69 Å². The van der Waals surface area contributed by atoms with E-state index in [1.54, 1.807) is 4.90 Å². The van der Waals surface area contributed by atoms with Crippen molar-refractivity contribution in [3.8, 4) is 0 Å². The summed E-state index contributed by atoms with van der Waals surface area (Å²) >= 11 is 0. The maximum Gasteiger partial charge on any atom is 0.241 e. The summed E-state index contributed by atoms with van der Waals surface area (Å²) in [6.07, 6.45) is 1.16. The summed E-state index contributed by atoms with van der Waals surface area (Å²) in [5.41, 5.74) is 0.811. The van der Waals surface area contributed by atoms with Crippen LogP contribution >= 0.6 is 0 Å². The van der Waals surface area contributed by atoms with Crippen molar-refractivity contribution in [2.24, 2.45) is 0 Å². The number of benzene rings is 1. The maximum atomic E-state index is 14.7. The Labute approximate surface area is 173 Å². The van der Waals surface area contributed by atoms with Crippen molar-refractivity contribution in [2.45, 2.75) is 62.6 Å². The van der Waals surface area contributed by atoms with E-state index in [1.165, 1.54) is 12.1 Å². The third kappa shape index (κ3) is 4.07. The molecule has 6 nitrogen and oxygen atoms in total.